The molecular formula is C16H22O. The molecule has 1 aliphatic rings. The van der Waals surface area contributed by atoms with Crippen LogP contribution in [0.3, 0.4) is 0 Å². The Bertz CT molecular complexity index is 356. The predicted octanol–water partition coefficient (Wildman–Crippen LogP) is 4.26. The highest BCUT2D eigenvalue weighted by atomic mass is 16.1. The van der Waals surface area contributed by atoms with Gasteiger partial charge in [-0.05, 0) is 36.8 Å². The first-order chi connectivity index (χ1) is 8.25. The molecule has 92 valence electrons. The summed E-state index contributed by atoms with van der Waals surface area (Å²) >= 11 is 0. The van der Waals surface area contributed by atoms with E-state index in [4.69, 9.17) is 0 Å². The normalized spacial score (nSPS) is 17.7. The van der Waals surface area contributed by atoms with Gasteiger partial charge in [0.25, 0.3) is 0 Å². The van der Waals surface area contributed by atoms with Crippen molar-refractivity contribution in [3.05, 3.63) is 35.4 Å². The van der Waals surface area contributed by atoms with Gasteiger partial charge < -0.3 is 0 Å². The van der Waals surface area contributed by atoms with Gasteiger partial charge in [0.15, 0.2) is 0 Å². The third kappa shape index (κ3) is 3.69. The molecule has 1 fully saturated rings. The Kier molecular flexibility index (Phi) is 4.36. The lowest BCUT2D eigenvalue weighted by Gasteiger charge is -2.14. The third-order valence-electron chi connectivity index (χ3n) is 3.76. The molecule has 1 aliphatic carbocycles. The van der Waals surface area contributed by atoms with Crippen LogP contribution in [-0.2, 0) is 11.2 Å². The number of hydrogen-bond acceptors (Lipinski definition) is 1. The molecule has 0 spiro atoms. The lowest BCUT2D eigenvalue weighted by Crippen LogP contribution is -1.99. The maximum absolute atomic E-state index is 11.0. The molecule has 1 saturated carbocycles. The van der Waals surface area contributed by atoms with Crippen LogP contribution < -0.4 is 0 Å². The zero-order valence-electron chi connectivity index (χ0n) is 10.7. The van der Waals surface area contributed by atoms with Crippen molar-refractivity contribution in [2.75, 3.05) is 0 Å². The largest absolute Gasteiger partial charge is 0.300 e. The van der Waals surface area contributed by atoms with E-state index in [1.165, 1.54) is 44.1 Å². The van der Waals surface area contributed by atoms with Crippen LogP contribution in [0.1, 0.15) is 62.5 Å². The van der Waals surface area contributed by atoms with Crippen molar-refractivity contribution < 1.29 is 4.79 Å². The summed E-state index contributed by atoms with van der Waals surface area (Å²) < 4.78 is 0. The molecule has 1 nitrogen and oxygen atoms in total. The predicted molar refractivity (Wildman–Crippen MR) is 71.3 cm³/mol. The van der Waals surface area contributed by atoms with Crippen molar-refractivity contribution in [2.45, 2.75) is 57.8 Å². The second-order valence-electron chi connectivity index (χ2n) is 5.31. The number of benzene rings is 1. The lowest BCUT2D eigenvalue weighted by molar-refractivity contribution is -0.116. The van der Waals surface area contributed by atoms with Crippen LogP contribution in [-0.4, -0.2) is 5.78 Å². The maximum Gasteiger partial charge on any atom is 0.134 e. The maximum atomic E-state index is 11.0. The van der Waals surface area contributed by atoms with Crippen molar-refractivity contribution in [3.8, 4) is 0 Å². The molecule has 0 N–H and O–H groups in total. The van der Waals surface area contributed by atoms with E-state index in [-0.39, 0.29) is 5.78 Å². The van der Waals surface area contributed by atoms with Gasteiger partial charge >= 0.3 is 0 Å². The second-order valence-corrected chi connectivity index (χ2v) is 5.31. The minimum Gasteiger partial charge on any atom is -0.300 e. The van der Waals surface area contributed by atoms with E-state index in [9.17, 15) is 4.79 Å². The number of hydrogen-bond donors (Lipinski definition) is 0. The monoisotopic (exact) mass is 230 g/mol. The number of carbonyl (C=O) groups is 1. The Morgan fingerprint density at radius 2 is 1.65 bits per heavy atom. The summed E-state index contributed by atoms with van der Waals surface area (Å²) in [5.41, 5.74) is 2.62. The van der Waals surface area contributed by atoms with E-state index < -0.39 is 0 Å². The summed E-state index contributed by atoms with van der Waals surface area (Å²) in [5.74, 6) is 0.996. The fraction of sp³-hybridized carbons (Fsp3) is 0.562. The first-order valence-corrected chi connectivity index (χ1v) is 6.84. The highest BCUT2D eigenvalue weighted by Gasteiger charge is 2.14. The summed E-state index contributed by atoms with van der Waals surface area (Å²) in [6.45, 7) is 1.65. The van der Waals surface area contributed by atoms with Crippen molar-refractivity contribution in [2.24, 2.45) is 0 Å². The minimum absolute atomic E-state index is 0.243. The second kappa shape index (κ2) is 6.00. The van der Waals surface area contributed by atoms with Gasteiger partial charge in [-0.15, -0.1) is 0 Å². The number of carbonyl (C=O) groups excluding carboxylic acids is 1. The summed E-state index contributed by atoms with van der Waals surface area (Å²) in [6, 6.07) is 8.71. The van der Waals surface area contributed by atoms with Crippen molar-refractivity contribution >= 4 is 5.78 Å². The molecule has 0 unspecified atom stereocenters. The van der Waals surface area contributed by atoms with Gasteiger partial charge in [0, 0.05) is 6.42 Å². The third-order valence-corrected chi connectivity index (χ3v) is 3.76. The van der Waals surface area contributed by atoms with Crippen LogP contribution >= 0.6 is 0 Å². The molecule has 0 atom stereocenters. The fourth-order valence-electron chi connectivity index (χ4n) is 2.81. The molecule has 1 aromatic rings. The molecule has 17 heavy (non-hydrogen) atoms. The van der Waals surface area contributed by atoms with E-state index in [0.717, 1.165) is 11.5 Å². The SMILES string of the molecule is CC(=O)Cc1ccc(C2CCCCCC2)cc1. The van der Waals surface area contributed by atoms with Crippen molar-refractivity contribution in [3.63, 3.8) is 0 Å². The zero-order chi connectivity index (χ0) is 12.1. The molecule has 0 heterocycles. The van der Waals surface area contributed by atoms with Gasteiger partial charge in [-0.1, -0.05) is 49.9 Å². The lowest BCUT2D eigenvalue weighted by atomic mass is 9.91. The van der Waals surface area contributed by atoms with Gasteiger partial charge in [-0.25, -0.2) is 0 Å². The Balaban J connectivity index is 2.03. The van der Waals surface area contributed by atoms with E-state index >= 15 is 0 Å². The molecule has 0 aromatic heterocycles. The molecule has 0 bridgehead atoms. The Morgan fingerprint density at radius 1 is 1.06 bits per heavy atom. The summed E-state index contributed by atoms with van der Waals surface area (Å²) in [5, 5.41) is 0. The quantitative estimate of drug-likeness (QED) is 0.709. The summed E-state index contributed by atoms with van der Waals surface area (Å²) in [7, 11) is 0. The van der Waals surface area contributed by atoms with Crippen LogP contribution in [0.5, 0.6) is 0 Å². The standard InChI is InChI=1S/C16H22O/c1-13(17)12-14-8-10-16(11-9-14)15-6-4-2-3-5-7-15/h8-11,15H,2-7,12H2,1H3. The van der Waals surface area contributed by atoms with Crippen LogP contribution in [0, 0.1) is 0 Å². The van der Waals surface area contributed by atoms with E-state index in [0.29, 0.717) is 6.42 Å². The van der Waals surface area contributed by atoms with Crippen molar-refractivity contribution in [1.29, 1.82) is 0 Å². The van der Waals surface area contributed by atoms with E-state index in [1.54, 1.807) is 6.92 Å². The topological polar surface area (TPSA) is 17.1 Å². The van der Waals surface area contributed by atoms with E-state index in [1.807, 2.05) is 0 Å². The molecule has 0 amide bonds. The average Bonchev–Trinajstić information content (AvgIpc) is 2.58. The van der Waals surface area contributed by atoms with Crippen LogP contribution in [0.2, 0.25) is 0 Å². The molecule has 1 aromatic carbocycles. The fourth-order valence-corrected chi connectivity index (χ4v) is 2.81. The summed E-state index contributed by atoms with van der Waals surface area (Å²) in [6.07, 6.45) is 8.81. The van der Waals surface area contributed by atoms with Gasteiger partial charge in [0.2, 0.25) is 0 Å². The Morgan fingerprint density at radius 3 is 2.18 bits per heavy atom. The van der Waals surface area contributed by atoms with Gasteiger partial charge in [-0.3, -0.25) is 4.79 Å². The Hall–Kier alpha value is -1.11. The molecule has 0 radical (unpaired) electrons. The highest BCUT2D eigenvalue weighted by molar-refractivity contribution is 5.78. The Labute approximate surface area is 104 Å². The number of rotatable bonds is 3. The molecule has 0 saturated heterocycles. The van der Waals surface area contributed by atoms with Crippen LogP contribution in [0.15, 0.2) is 24.3 Å². The average molecular weight is 230 g/mol. The molecular weight excluding hydrogens is 208 g/mol. The first kappa shape index (κ1) is 12.3. The minimum atomic E-state index is 0.243. The summed E-state index contributed by atoms with van der Waals surface area (Å²) in [4.78, 5) is 11.0. The van der Waals surface area contributed by atoms with Crippen LogP contribution in [0.4, 0.5) is 0 Å². The zero-order valence-corrected chi connectivity index (χ0v) is 10.7. The molecule has 2 rings (SSSR count). The smallest absolute Gasteiger partial charge is 0.134 e. The van der Waals surface area contributed by atoms with Crippen molar-refractivity contribution in [1.82, 2.24) is 0 Å². The van der Waals surface area contributed by atoms with Gasteiger partial charge in [0.1, 0.15) is 5.78 Å². The van der Waals surface area contributed by atoms with Gasteiger partial charge in [-0.2, -0.15) is 0 Å². The highest BCUT2D eigenvalue weighted by Crippen LogP contribution is 2.31. The van der Waals surface area contributed by atoms with E-state index in [2.05, 4.69) is 24.3 Å². The molecule has 1 heteroatoms. The number of Topliss-reactive ketones (excluding diaryl/α,β-unsaturated/α-hetero) is 1. The first-order valence-electron chi connectivity index (χ1n) is 6.84. The van der Waals surface area contributed by atoms with Gasteiger partial charge in [0.05, 0.1) is 0 Å². The number of ketones is 1. The molecule has 0 aliphatic heterocycles. The van der Waals surface area contributed by atoms with Crippen LogP contribution in [0.25, 0.3) is 0 Å².